The van der Waals surface area contributed by atoms with Gasteiger partial charge in [0.1, 0.15) is 11.5 Å². The number of hydrogen-bond acceptors (Lipinski definition) is 1. The van der Waals surface area contributed by atoms with Gasteiger partial charge in [0.25, 0.3) is 0 Å². The van der Waals surface area contributed by atoms with Crippen molar-refractivity contribution in [3.05, 3.63) is 12.7 Å². The first-order valence-electron chi connectivity index (χ1n) is 5.64. The molecular weight excluding hydrogens is 191 g/mol. The van der Waals surface area contributed by atoms with Gasteiger partial charge in [-0.25, -0.2) is 4.39 Å². The van der Waals surface area contributed by atoms with Crippen molar-refractivity contribution < 1.29 is 9.18 Å². The maximum Gasteiger partial charge on any atom is 0.139 e. The SMILES string of the molecule is C=CCC(C)(C)CC(=O)C12CC(F)(C1)C2. The van der Waals surface area contributed by atoms with Gasteiger partial charge in [0.2, 0.25) is 0 Å². The van der Waals surface area contributed by atoms with Gasteiger partial charge in [-0.1, -0.05) is 19.9 Å². The number of Topliss-reactive ketones (excluding diaryl/α,β-unsaturated/α-hetero) is 1. The van der Waals surface area contributed by atoms with Crippen LogP contribution in [0.1, 0.15) is 46.0 Å². The normalized spacial score (nSPS) is 37.8. The van der Waals surface area contributed by atoms with Gasteiger partial charge in [0.05, 0.1) is 0 Å². The first kappa shape index (κ1) is 10.8. The lowest BCUT2D eigenvalue weighted by Gasteiger charge is -2.65. The summed E-state index contributed by atoms with van der Waals surface area (Å²) in [6, 6.07) is 0. The molecule has 15 heavy (non-hydrogen) atoms. The number of carbonyl (C=O) groups excluding carboxylic acids is 1. The summed E-state index contributed by atoms with van der Waals surface area (Å²) in [6.45, 7) is 7.84. The molecule has 2 bridgehead atoms. The molecule has 84 valence electrons. The van der Waals surface area contributed by atoms with Crippen LogP contribution in [-0.4, -0.2) is 11.5 Å². The van der Waals surface area contributed by atoms with E-state index in [9.17, 15) is 9.18 Å². The van der Waals surface area contributed by atoms with Crippen LogP contribution in [0.4, 0.5) is 4.39 Å². The fourth-order valence-corrected chi connectivity index (χ4v) is 3.04. The third-order valence-electron chi connectivity index (χ3n) is 3.89. The topological polar surface area (TPSA) is 17.1 Å². The maximum atomic E-state index is 13.3. The number of ketones is 1. The molecule has 0 atom stereocenters. The second-order valence-corrected chi connectivity index (χ2v) is 6.22. The molecule has 3 saturated carbocycles. The summed E-state index contributed by atoms with van der Waals surface area (Å²) in [6.07, 6.45) is 4.73. The first-order chi connectivity index (χ1) is 6.81. The van der Waals surface area contributed by atoms with E-state index in [-0.39, 0.29) is 16.6 Å². The minimum Gasteiger partial charge on any atom is -0.299 e. The second-order valence-electron chi connectivity index (χ2n) is 6.22. The Bertz CT molecular complexity index is 297. The quantitative estimate of drug-likeness (QED) is 0.635. The smallest absolute Gasteiger partial charge is 0.139 e. The van der Waals surface area contributed by atoms with E-state index in [1.807, 2.05) is 6.08 Å². The lowest BCUT2D eigenvalue weighted by Crippen LogP contribution is -2.68. The second kappa shape index (κ2) is 2.93. The van der Waals surface area contributed by atoms with Crippen LogP contribution in [0.3, 0.4) is 0 Å². The van der Waals surface area contributed by atoms with E-state index in [0.717, 1.165) is 6.42 Å². The molecule has 0 unspecified atom stereocenters. The van der Waals surface area contributed by atoms with Gasteiger partial charge in [-0.3, -0.25) is 4.79 Å². The van der Waals surface area contributed by atoms with Crippen molar-refractivity contribution in [3.8, 4) is 0 Å². The summed E-state index contributed by atoms with van der Waals surface area (Å²) >= 11 is 0. The van der Waals surface area contributed by atoms with Crippen molar-refractivity contribution in [2.24, 2.45) is 10.8 Å². The standard InChI is InChI=1S/C13H19FO/c1-4-5-11(2,3)6-10(15)12-7-13(14,8-12)9-12/h4H,1,5-9H2,2-3H3. The Labute approximate surface area is 90.7 Å². The Morgan fingerprint density at radius 1 is 1.47 bits per heavy atom. The van der Waals surface area contributed by atoms with Gasteiger partial charge in [0, 0.05) is 11.8 Å². The Kier molecular flexibility index (Phi) is 2.12. The number of halogens is 1. The highest BCUT2D eigenvalue weighted by atomic mass is 19.1. The zero-order valence-electron chi connectivity index (χ0n) is 9.61. The predicted molar refractivity (Wildman–Crippen MR) is 58.3 cm³/mol. The maximum absolute atomic E-state index is 13.3. The largest absolute Gasteiger partial charge is 0.299 e. The van der Waals surface area contributed by atoms with Crippen LogP contribution in [0.2, 0.25) is 0 Å². The van der Waals surface area contributed by atoms with Gasteiger partial charge in [-0.2, -0.15) is 0 Å². The molecule has 0 heterocycles. The molecule has 0 saturated heterocycles. The molecule has 0 aromatic heterocycles. The number of carbonyl (C=O) groups is 1. The van der Waals surface area contributed by atoms with Crippen molar-refractivity contribution in [2.45, 2.75) is 51.6 Å². The fourth-order valence-electron chi connectivity index (χ4n) is 3.04. The monoisotopic (exact) mass is 210 g/mol. The first-order valence-corrected chi connectivity index (χ1v) is 5.64. The Balaban J connectivity index is 1.91. The summed E-state index contributed by atoms with van der Waals surface area (Å²) < 4.78 is 13.3. The lowest BCUT2D eigenvalue weighted by atomic mass is 9.40. The molecule has 2 heteroatoms. The average Bonchev–Trinajstić information content (AvgIpc) is 1.95. The minimum atomic E-state index is -0.960. The van der Waals surface area contributed by atoms with Crippen molar-refractivity contribution >= 4 is 5.78 Å². The van der Waals surface area contributed by atoms with Crippen LogP contribution in [0.15, 0.2) is 12.7 Å². The van der Waals surface area contributed by atoms with Crippen LogP contribution < -0.4 is 0 Å². The fraction of sp³-hybridized carbons (Fsp3) is 0.769. The van der Waals surface area contributed by atoms with Gasteiger partial charge >= 0.3 is 0 Å². The van der Waals surface area contributed by atoms with Crippen LogP contribution in [0.25, 0.3) is 0 Å². The Morgan fingerprint density at radius 3 is 2.40 bits per heavy atom. The van der Waals surface area contributed by atoms with Crippen molar-refractivity contribution in [3.63, 3.8) is 0 Å². The number of allylic oxidation sites excluding steroid dienone is 1. The molecule has 3 fully saturated rings. The zero-order chi connectivity index (χ0) is 11.3. The molecule has 0 radical (unpaired) electrons. The van der Waals surface area contributed by atoms with Gasteiger partial charge in [-0.15, -0.1) is 6.58 Å². The highest BCUT2D eigenvalue weighted by Gasteiger charge is 2.72. The summed E-state index contributed by atoms with van der Waals surface area (Å²) in [5, 5.41) is 0. The van der Waals surface area contributed by atoms with Crippen LogP contribution in [0, 0.1) is 10.8 Å². The molecule has 0 spiro atoms. The molecule has 0 aromatic rings. The van der Waals surface area contributed by atoms with Crippen molar-refractivity contribution in [1.82, 2.24) is 0 Å². The van der Waals surface area contributed by atoms with E-state index in [2.05, 4.69) is 20.4 Å². The number of hydrogen-bond donors (Lipinski definition) is 0. The average molecular weight is 210 g/mol. The minimum absolute atomic E-state index is 0.0161. The van der Waals surface area contributed by atoms with Gasteiger partial charge in [0.15, 0.2) is 0 Å². The van der Waals surface area contributed by atoms with E-state index in [0.29, 0.717) is 25.7 Å². The number of rotatable bonds is 5. The Morgan fingerprint density at radius 2 is 2.00 bits per heavy atom. The third kappa shape index (κ3) is 1.64. The highest BCUT2D eigenvalue weighted by Crippen LogP contribution is 2.70. The zero-order valence-corrected chi connectivity index (χ0v) is 9.61. The van der Waals surface area contributed by atoms with Crippen LogP contribution in [-0.2, 0) is 4.79 Å². The Hall–Kier alpha value is -0.660. The molecule has 3 aliphatic rings. The molecule has 0 amide bonds. The lowest BCUT2D eigenvalue weighted by molar-refractivity contribution is -0.213. The highest BCUT2D eigenvalue weighted by molar-refractivity contribution is 5.89. The van der Waals surface area contributed by atoms with E-state index in [4.69, 9.17) is 0 Å². The predicted octanol–water partition coefficient (Wildman–Crippen LogP) is 3.44. The number of alkyl halides is 1. The van der Waals surface area contributed by atoms with E-state index in [1.54, 1.807) is 0 Å². The van der Waals surface area contributed by atoms with Crippen molar-refractivity contribution in [1.29, 1.82) is 0 Å². The van der Waals surface area contributed by atoms with Crippen molar-refractivity contribution in [2.75, 3.05) is 0 Å². The van der Waals surface area contributed by atoms with E-state index in [1.165, 1.54) is 0 Å². The molecule has 1 nitrogen and oxygen atoms in total. The molecule has 0 aromatic carbocycles. The summed E-state index contributed by atoms with van der Waals surface area (Å²) in [7, 11) is 0. The molecular formula is C13H19FO. The van der Waals surface area contributed by atoms with Gasteiger partial charge < -0.3 is 0 Å². The van der Waals surface area contributed by atoms with Gasteiger partial charge in [-0.05, 0) is 31.1 Å². The van der Waals surface area contributed by atoms with Crippen LogP contribution >= 0.6 is 0 Å². The summed E-state index contributed by atoms with van der Waals surface area (Å²) in [5.41, 5.74) is -1.23. The van der Waals surface area contributed by atoms with E-state index < -0.39 is 5.67 Å². The summed E-state index contributed by atoms with van der Waals surface area (Å²) in [5.74, 6) is 0.272. The molecule has 3 aliphatic carbocycles. The third-order valence-corrected chi connectivity index (χ3v) is 3.89. The van der Waals surface area contributed by atoms with Crippen LogP contribution in [0.5, 0.6) is 0 Å². The molecule has 0 aliphatic heterocycles. The summed E-state index contributed by atoms with van der Waals surface area (Å²) in [4.78, 5) is 12.0. The van der Waals surface area contributed by atoms with E-state index >= 15 is 0 Å². The molecule has 0 N–H and O–H groups in total. The molecule has 3 rings (SSSR count).